The Labute approximate surface area is 100 Å². The highest BCUT2D eigenvalue weighted by atomic mass is 15.3. The molecule has 0 bridgehead atoms. The molecular formula is C13H27N3. The molecule has 2 heterocycles. The topological polar surface area (TPSA) is 18.5 Å². The maximum absolute atomic E-state index is 3.55. The van der Waals surface area contributed by atoms with E-state index in [9.17, 15) is 0 Å². The minimum atomic E-state index is 0.730. The van der Waals surface area contributed by atoms with Crippen LogP contribution in [0.2, 0.25) is 0 Å². The molecule has 0 aromatic carbocycles. The van der Waals surface area contributed by atoms with Crippen molar-refractivity contribution in [3.8, 4) is 0 Å². The fourth-order valence-corrected chi connectivity index (χ4v) is 3.01. The molecule has 2 saturated heterocycles. The Morgan fingerprint density at radius 3 is 2.38 bits per heavy atom. The Morgan fingerprint density at radius 2 is 1.81 bits per heavy atom. The molecule has 2 rings (SSSR count). The minimum absolute atomic E-state index is 0.730. The third-order valence-corrected chi connectivity index (χ3v) is 4.19. The van der Waals surface area contributed by atoms with E-state index in [1.807, 2.05) is 0 Å². The summed E-state index contributed by atoms with van der Waals surface area (Å²) in [6, 6.07) is 0.730. The molecule has 0 saturated carbocycles. The first kappa shape index (κ1) is 12.3. The molecule has 16 heavy (non-hydrogen) atoms. The SMILES string of the molecule is CCCN1CCN(CC2CCNC2C)CC1. The molecule has 0 spiro atoms. The Hall–Kier alpha value is -0.120. The van der Waals surface area contributed by atoms with Gasteiger partial charge in [0.15, 0.2) is 0 Å². The van der Waals surface area contributed by atoms with Gasteiger partial charge in [-0.2, -0.15) is 0 Å². The number of hydrogen-bond donors (Lipinski definition) is 1. The normalized spacial score (nSPS) is 33.4. The lowest BCUT2D eigenvalue weighted by Gasteiger charge is -2.36. The Kier molecular flexibility index (Phi) is 4.62. The van der Waals surface area contributed by atoms with Crippen molar-refractivity contribution in [1.82, 2.24) is 15.1 Å². The van der Waals surface area contributed by atoms with Crippen molar-refractivity contribution in [2.45, 2.75) is 32.7 Å². The molecule has 0 aromatic heterocycles. The quantitative estimate of drug-likeness (QED) is 0.770. The van der Waals surface area contributed by atoms with Gasteiger partial charge in [0.25, 0.3) is 0 Å². The molecule has 0 aromatic rings. The second-order valence-corrected chi connectivity index (χ2v) is 5.43. The maximum atomic E-state index is 3.55. The van der Waals surface area contributed by atoms with Gasteiger partial charge in [-0.05, 0) is 38.8 Å². The summed E-state index contributed by atoms with van der Waals surface area (Å²) in [6.45, 7) is 13.6. The van der Waals surface area contributed by atoms with Gasteiger partial charge in [0.1, 0.15) is 0 Å². The molecule has 0 aliphatic carbocycles. The van der Waals surface area contributed by atoms with E-state index in [0.29, 0.717) is 0 Å². The van der Waals surface area contributed by atoms with E-state index in [2.05, 4.69) is 29.0 Å². The smallest absolute Gasteiger partial charge is 0.0110 e. The highest BCUT2D eigenvalue weighted by Crippen LogP contribution is 2.17. The summed E-state index contributed by atoms with van der Waals surface area (Å²) < 4.78 is 0. The molecule has 1 N–H and O–H groups in total. The highest BCUT2D eigenvalue weighted by molar-refractivity contribution is 4.84. The van der Waals surface area contributed by atoms with Crippen molar-refractivity contribution in [2.24, 2.45) is 5.92 Å². The van der Waals surface area contributed by atoms with Crippen molar-refractivity contribution in [1.29, 1.82) is 0 Å². The van der Waals surface area contributed by atoms with Crippen molar-refractivity contribution < 1.29 is 0 Å². The fraction of sp³-hybridized carbons (Fsp3) is 1.00. The van der Waals surface area contributed by atoms with Gasteiger partial charge >= 0.3 is 0 Å². The Bertz CT molecular complexity index is 199. The van der Waals surface area contributed by atoms with Crippen LogP contribution in [-0.4, -0.2) is 61.7 Å². The first-order valence-corrected chi connectivity index (χ1v) is 6.97. The summed E-state index contributed by atoms with van der Waals surface area (Å²) in [7, 11) is 0. The molecular weight excluding hydrogens is 198 g/mol. The molecule has 3 nitrogen and oxygen atoms in total. The third kappa shape index (κ3) is 3.19. The molecule has 2 unspecified atom stereocenters. The van der Waals surface area contributed by atoms with Crippen molar-refractivity contribution in [3.63, 3.8) is 0 Å². The van der Waals surface area contributed by atoms with Crippen LogP contribution in [0.4, 0.5) is 0 Å². The lowest BCUT2D eigenvalue weighted by molar-refractivity contribution is 0.116. The van der Waals surface area contributed by atoms with Gasteiger partial charge in [-0.15, -0.1) is 0 Å². The van der Waals surface area contributed by atoms with Crippen LogP contribution < -0.4 is 5.32 Å². The predicted molar refractivity (Wildman–Crippen MR) is 68.7 cm³/mol. The van der Waals surface area contributed by atoms with E-state index in [4.69, 9.17) is 0 Å². The maximum Gasteiger partial charge on any atom is 0.0110 e. The van der Waals surface area contributed by atoms with Gasteiger partial charge in [-0.3, -0.25) is 0 Å². The van der Waals surface area contributed by atoms with E-state index in [0.717, 1.165) is 12.0 Å². The molecule has 0 amide bonds. The average molecular weight is 225 g/mol. The van der Waals surface area contributed by atoms with Crippen LogP contribution in [0.1, 0.15) is 26.7 Å². The number of nitrogens with zero attached hydrogens (tertiary/aromatic N) is 2. The second-order valence-electron chi connectivity index (χ2n) is 5.43. The minimum Gasteiger partial charge on any atom is -0.314 e. The summed E-state index contributed by atoms with van der Waals surface area (Å²) in [5.41, 5.74) is 0. The van der Waals surface area contributed by atoms with Crippen LogP contribution in [0.5, 0.6) is 0 Å². The lowest BCUT2D eigenvalue weighted by Crippen LogP contribution is -2.48. The summed E-state index contributed by atoms with van der Waals surface area (Å²) in [4.78, 5) is 5.27. The van der Waals surface area contributed by atoms with Gasteiger partial charge in [0.2, 0.25) is 0 Å². The Morgan fingerprint density at radius 1 is 1.12 bits per heavy atom. The molecule has 2 aliphatic heterocycles. The van der Waals surface area contributed by atoms with E-state index in [-0.39, 0.29) is 0 Å². The number of rotatable bonds is 4. The Balaban J connectivity index is 1.68. The van der Waals surface area contributed by atoms with Gasteiger partial charge in [-0.1, -0.05) is 6.92 Å². The zero-order valence-electron chi connectivity index (χ0n) is 10.9. The van der Waals surface area contributed by atoms with Crippen molar-refractivity contribution >= 4 is 0 Å². The second kappa shape index (κ2) is 5.99. The van der Waals surface area contributed by atoms with Crippen LogP contribution in [0.3, 0.4) is 0 Å². The van der Waals surface area contributed by atoms with Crippen LogP contribution in [0.25, 0.3) is 0 Å². The van der Waals surface area contributed by atoms with Crippen LogP contribution in [0.15, 0.2) is 0 Å². The zero-order chi connectivity index (χ0) is 11.4. The number of hydrogen-bond acceptors (Lipinski definition) is 3. The zero-order valence-corrected chi connectivity index (χ0v) is 10.9. The summed E-state index contributed by atoms with van der Waals surface area (Å²) in [5, 5.41) is 3.55. The van der Waals surface area contributed by atoms with Gasteiger partial charge in [0, 0.05) is 38.8 Å². The third-order valence-electron chi connectivity index (χ3n) is 4.19. The molecule has 2 fully saturated rings. The average Bonchev–Trinajstić information content (AvgIpc) is 2.68. The van der Waals surface area contributed by atoms with E-state index in [1.54, 1.807) is 0 Å². The van der Waals surface area contributed by atoms with E-state index >= 15 is 0 Å². The van der Waals surface area contributed by atoms with Crippen molar-refractivity contribution in [3.05, 3.63) is 0 Å². The van der Waals surface area contributed by atoms with Gasteiger partial charge in [0.05, 0.1) is 0 Å². The number of nitrogens with one attached hydrogen (secondary N) is 1. The van der Waals surface area contributed by atoms with Crippen LogP contribution in [0, 0.1) is 5.92 Å². The summed E-state index contributed by atoms with van der Waals surface area (Å²) in [6.07, 6.45) is 2.67. The van der Waals surface area contributed by atoms with Crippen LogP contribution in [-0.2, 0) is 0 Å². The van der Waals surface area contributed by atoms with Crippen molar-refractivity contribution in [2.75, 3.05) is 45.8 Å². The van der Waals surface area contributed by atoms with E-state index in [1.165, 1.54) is 58.7 Å². The molecule has 0 radical (unpaired) electrons. The van der Waals surface area contributed by atoms with Gasteiger partial charge in [-0.25, -0.2) is 0 Å². The first-order chi connectivity index (χ1) is 7.79. The monoisotopic (exact) mass is 225 g/mol. The molecule has 2 atom stereocenters. The van der Waals surface area contributed by atoms with Gasteiger partial charge < -0.3 is 15.1 Å². The summed E-state index contributed by atoms with van der Waals surface area (Å²) >= 11 is 0. The summed E-state index contributed by atoms with van der Waals surface area (Å²) in [5.74, 6) is 0.887. The lowest BCUT2D eigenvalue weighted by atomic mass is 10.0. The predicted octanol–water partition coefficient (Wildman–Crippen LogP) is 1.01. The molecule has 2 aliphatic rings. The standard InChI is InChI=1S/C13H27N3/c1-3-6-15-7-9-16(10-8-15)11-13-4-5-14-12(13)2/h12-14H,3-11H2,1-2H3. The highest BCUT2D eigenvalue weighted by Gasteiger charge is 2.26. The van der Waals surface area contributed by atoms with Crippen LogP contribution >= 0.6 is 0 Å². The first-order valence-electron chi connectivity index (χ1n) is 6.97. The molecule has 94 valence electrons. The fourth-order valence-electron chi connectivity index (χ4n) is 3.01. The number of piperazine rings is 1. The molecule has 3 heteroatoms. The largest absolute Gasteiger partial charge is 0.314 e. The van der Waals surface area contributed by atoms with E-state index < -0.39 is 0 Å².